The molecule has 0 amide bonds. The topological polar surface area (TPSA) is 107 Å². The standard InChI is InChI=1S/C10H13N5O3/c1-5-11-8(14-3-6(16)7(17)4-14)2-9-12-13-10(18)15(5)9/h2,6-7,16-17H,3-4H2,1H3,(H,13,18). The predicted octanol–water partition coefficient (Wildman–Crippen LogP) is -1.73. The van der Waals surface area contributed by atoms with E-state index in [1.165, 1.54) is 4.40 Å². The SMILES string of the molecule is Cc1nc(N2CC(O)C(O)C2)cc2n[nH]c(=O)n12. The van der Waals surface area contributed by atoms with Gasteiger partial charge in [-0.1, -0.05) is 0 Å². The number of hydrogen-bond donors (Lipinski definition) is 3. The molecule has 2 aromatic heterocycles. The van der Waals surface area contributed by atoms with E-state index in [4.69, 9.17) is 0 Å². The van der Waals surface area contributed by atoms with Crippen LogP contribution >= 0.6 is 0 Å². The van der Waals surface area contributed by atoms with Crippen molar-refractivity contribution in [1.29, 1.82) is 0 Å². The van der Waals surface area contributed by atoms with Crippen LogP contribution in [0, 0.1) is 6.92 Å². The van der Waals surface area contributed by atoms with E-state index in [-0.39, 0.29) is 5.69 Å². The Balaban J connectivity index is 2.06. The molecule has 1 aliphatic heterocycles. The number of β-amino-alcohol motifs (C(OH)–C–C–N with tert-alkyl or cyclic N) is 2. The third-order valence-corrected chi connectivity index (χ3v) is 3.14. The van der Waals surface area contributed by atoms with Crippen molar-refractivity contribution < 1.29 is 10.2 Å². The molecule has 0 bridgehead atoms. The van der Waals surface area contributed by atoms with Gasteiger partial charge in [-0.25, -0.2) is 19.3 Å². The molecule has 0 aliphatic carbocycles. The monoisotopic (exact) mass is 251 g/mol. The summed E-state index contributed by atoms with van der Waals surface area (Å²) in [6, 6.07) is 1.65. The Bertz CT molecular complexity index is 638. The van der Waals surface area contributed by atoms with Crippen molar-refractivity contribution in [2.24, 2.45) is 0 Å². The van der Waals surface area contributed by atoms with Gasteiger partial charge in [-0.3, -0.25) is 0 Å². The van der Waals surface area contributed by atoms with Crippen LogP contribution in [0.1, 0.15) is 5.82 Å². The highest BCUT2D eigenvalue weighted by molar-refractivity contribution is 5.52. The number of hydrogen-bond acceptors (Lipinski definition) is 6. The van der Waals surface area contributed by atoms with Gasteiger partial charge in [0.1, 0.15) is 11.6 Å². The quantitative estimate of drug-likeness (QED) is 0.556. The molecular formula is C10H13N5O3. The lowest BCUT2D eigenvalue weighted by atomic mass is 10.3. The molecule has 3 rings (SSSR count). The van der Waals surface area contributed by atoms with Crippen molar-refractivity contribution in [1.82, 2.24) is 19.6 Å². The first kappa shape index (κ1) is 11.2. The second kappa shape index (κ2) is 3.79. The van der Waals surface area contributed by atoms with Gasteiger partial charge in [-0.15, -0.1) is 0 Å². The number of nitrogens with one attached hydrogen (secondary N) is 1. The van der Waals surface area contributed by atoms with E-state index in [1.807, 2.05) is 0 Å². The summed E-state index contributed by atoms with van der Waals surface area (Å²) in [5, 5.41) is 25.3. The van der Waals surface area contributed by atoms with E-state index in [9.17, 15) is 15.0 Å². The summed E-state index contributed by atoms with van der Waals surface area (Å²) < 4.78 is 1.37. The summed E-state index contributed by atoms with van der Waals surface area (Å²) in [6.45, 7) is 2.34. The Morgan fingerprint density at radius 2 is 2.06 bits per heavy atom. The van der Waals surface area contributed by atoms with E-state index in [0.29, 0.717) is 30.4 Å². The van der Waals surface area contributed by atoms with Gasteiger partial charge in [-0.2, -0.15) is 5.10 Å². The third kappa shape index (κ3) is 1.57. The number of fused-ring (bicyclic) bond motifs is 1. The van der Waals surface area contributed by atoms with Crippen molar-refractivity contribution in [2.45, 2.75) is 19.1 Å². The van der Waals surface area contributed by atoms with Gasteiger partial charge in [-0.05, 0) is 6.92 Å². The average Bonchev–Trinajstić information content (AvgIpc) is 2.84. The van der Waals surface area contributed by atoms with Crippen molar-refractivity contribution >= 4 is 11.5 Å². The van der Waals surface area contributed by atoms with E-state index in [2.05, 4.69) is 15.2 Å². The van der Waals surface area contributed by atoms with E-state index in [0.717, 1.165) is 0 Å². The number of H-pyrrole nitrogens is 1. The molecule has 2 aromatic rings. The number of aromatic nitrogens is 4. The number of nitrogens with zero attached hydrogens (tertiary/aromatic N) is 4. The zero-order valence-corrected chi connectivity index (χ0v) is 9.74. The van der Waals surface area contributed by atoms with Crippen molar-refractivity contribution in [2.75, 3.05) is 18.0 Å². The Kier molecular flexibility index (Phi) is 2.35. The predicted molar refractivity (Wildman–Crippen MR) is 62.6 cm³/mol. The molecule has 0 radical (unpaired) electrons. The minimum Gasteiger partial charge on any atom is -0.389 e. The van der Waals surface area contributed by atoms with Gasteiger partial charge in [0.2, 0.25) is 0 Å². The third-order valence-electron chi connectivity index (χ3n) is 3.14. The Morgan fingerprint density at radius 3 is 2.72 bits per heavy atom. The number of aryl methyl sites for hydroxylation is 1. The minimum atomic E-state index is -0.773. The Labute approximate surface area is 102 Å². The first-order chi connectivity index (χ1) is 8.56. The number of aliphatic hydroxyl groups is 2. The molecule has 2 unspecified atom stereocenters. The second-order valence-corrected chi connectivity index (χ2v) is 4.42. The second-order valence-electron chi connectivity index (χ2n) is 4.42. The number of anilines is 1. The lowest BCUT2D eigenvalue weighted by molar-refractivity contribution is 0.0572. The fourth-order valence-corrected chi connectivity index (χ4v) is 2.20. The summed E-state index contributed by atoms with van der Waals surface area (Å²) in [5.74, 6) is 1.10. The Hall–Kier alpha value is -1.93. The van der Waals surface area contributed by atoms with E-state index >= 15 is 0 Å². The highest BCUT2D eigenvalue weighted by Crippen LogP contribution is 2.19. The number of rotatable bonds is 1. The maximum atomic E-state index is 11.4. The number of aromatic amines is 1. The fraction of sp³-hybridized carbons (Fsp3) is 0.500. The number of aliphatic hydroxyl groups excluding tert-OH is 2. The zero-order valence-electron chi connectivity index (χ0n) is 9.74. The summed E-state index contributed by atoms with van der Waals surface area (Å²) >= 11 is 0. The molecular weight excluding hydrogens is 238 g/mol. The highest BCUT2D eigenvalue weighted by Gasteiger charge is 2.30. The summed E-state index contributed by atoms with van der Waals surface area (Å²) in [5.41, 5.74) is 0.140. The van der Waals surface area contributed by atoms with E-state index < -0.39 is 12.2 Å². The molecule has 8 nitrogen and oxygen atoms in total. The van der Waals surface area contributed by atoms with E-state index in [1.54, 1.807) is 17.9 Å². The summed E-state index contributed by atoms with van der Waals surface area (Å²) in [7, 11) is 0. The van der Waals surface area contributed by atoms with Crippen LogP contribution in [0.2, 0.25) is 0 Å². The van der Waals surface area contributed by atoms with Crippen LogP contribution in [0.4, 0.5) is 5.82 Å². The maximum Gasteiger partial charge on any atom is 0.349 e. The molecule has 3 N–H and O–H groups in total. The zero-order chi connectivity index (χ0) is 12.9. The molecule has 18 heavy (non-hydrogen) atoms. The van der Waals surface area contributed by atoms with Gasteiger partial charge >= 0.3 is 5.69 Å². The van der Waals surface area contributed by atoms with Crippen LogP contribution in [0.5, 0.6) is 0 Å². The van der Waals surface area contributed by atoms with Crippen LogP contribution in [-0.4, -0.2) is 55.1 Å². The smallest absolute Gasteiger partial charge is 0.349 e. The first-order valence-electron chi connectivity index (χ1n) is 5.62. The first-order valence-corrected chi connectivity index (χ1v) is 5.62. The maximum absolute atomic E-state index is 11.4. The largest absolute Gasteiger partial charge is 0.389 e. The molecule has 8 heteroatoms. The molecule has 2 atom stereocenters. The van der Waals surface area contributed by atoms with Crippen LogP contribution in [0.3, 0.4) is 0 Å². The van der Waals surface area contributed by atoms with Gasteiger partial charge in [0, 0.05) is 19.2 Å². The summed E-state index contributed by atoms with van der Waals surface area (Å²) in [6.07, 6.45) is -1.55. The van der Waals surface area contributed by atoms with Crippen molar-refractivity contribution in [3.8, 4) is 0 Å². The molecule has 1 aliphatic rings. The molecule has 3 heterocycles. The van der Waals surface area contributed by atoms with Crippen LogP contribution in [0.15, 0.2) is 10.9 Å². The van der Waals surface area contributed by atoms with Gasteiger partial charge < -0.3 is 15.1 Å². The van der Waals surface area contributed by atoms with Crippen molar-refractivity contribution in [3.63, 3.8) is 0 Å². The molecule has 0 spiro atoms. The molecule has 0 saturated carbocycles. The van der Waals surface area contributed by atoms with Gasteiger partial charge in [0.15, 0.2) is 5.65 Å². The van der Waals surface area contributed by atoms with Gasteiger partial charge in [0.25, 0.3) is 0 Å². The summed E-state index contributed by atoms with van der Waals surface area (Å²) in [4.78, 5) is 17.5. The lowest BCUT2D eigenvalue weighted by Crippen LogP contribution is -2.23. The fourth-order valence-electron chi connectivity index (χ4n) is 2.20. The molecule has 0 aromatic carbocycles. The van der Waals surface area contributed by atoms with Crippen LogP contribution < -0.4 is 10.6 Å². The van der Waals surface area contributed by atoms with Gasteiger partial charge in [0.05, 0.1) is 12.2 Å². The normalized spacial score (nSPS) is 24.1. The molecule has 96 valence electrons. The highest BCUT2D eigenvalue weighted by atomic mass is 16.3. The minimum absolute atomic E-state index is 0.318. The molecule has 1 saturated heterocycles. The van der Waals surface area contributed by atoms with Crippen LogP contribution in [0.25, 0.3) is 5.65 Å². The van der Waals surface area contributed by atoms with Crippen molar-refractivity contribution in [3.05, 3.63) is 22.4 Å². The molecule has 1 fully saturated rings. The average molecular weight is 251 g/mol. The Morgan fingerprint density at radius 1 is 1.39 bits per heavy atom. The van der Waals surface area contributed by atoms with Crippen LogP contribution in [-0.2, 0) is 0 Å². The lowest BCUT2D eigenvalue weighted by Gasteiger charge is -2.16.